The molecule has 3 heteroatoms. The number of thioether (sulfide) groups is 1. The molecular weight excluding hydrogens is 254 g/mol. The van der Waals surface area contributed by atoms with Crippen LogP contribution in [0.5, 0.6) is 0 Å². The van der Waals surface area contributed by atoms with Gasteiger partial charge in [0.25, 0.3) is 0 Å². The number of hydrogen-bond donors (Lipinski definition) is 1. The smallest absolute Gasteiger partial charge is 0.0757 e. The molecule has 1 N–H and O–H groups in total. The monoisotopic (exact) mass is 287 g/mol. The topological polar surface area (TPSA) is 23.5 Å². The minimum atomic E-state index is -0.136. The van der Waals surface area contributed by atoms with E-state index in [9.17, 15) is 5.11 Å². The molecule has 19 heavy (non-hydrogen) atoms. The highest BCUT2D eigenvalue weighted by atomic mass is 32.2. The summed E-state index contributed by atoms with van der Waals surface area (Å²) in [6, 6.07) is 0. The number of β-amino-alcohol motifs (C(OH)–C–C–N with tert-alkyl or cyclic N) is 1. The van der Waals surface area contributed by atoms with Gasteiger partial charge < -0.3 is 10.0 Å². The van der Waals surface area contributed by atoms with E-state index >= 15 is 0 Å². The van der Waals surface area contributed by atoms with Gasteiger partial charge in [-0.05, 0) is 38.8 Å². The van der Waals surface area contributed by atoms with Crippen LogP contribution in [-0.4, -0.2) is 46.7 Å². The van der Waals surface area contributed by atoms with Gasteiger partial charge in [-0.25, -0.2) is 0 Å². The predicted octanol–water partition coefficient (Wildman–Crippen LogP) is 3.93. The average molecular weight is 288 g/mol. The van der Waals surface area contributed by atoms with Gasteiger partial charge in [0.05, 0.1) is 6.10 Å². The number of rotatable bonds is 10. The summed E-state index contributed by atoms with van der Waals surface area (Å²) in [6.07, 6.45) is 10.4. The first-order valence-electron chi connectivity index (χ1n) is 8.28. The Morgan fingerprint density at radius 2 is 1.84 bits per heavy atom. The molecule has 0 aromatic carbocycles. The van der Waals surface area contributed by atoms with Gasteiger partial charge in [0, 0.05) is 17.5 Å². The molecule has 1 heterocycles. The van der Waals surface area contributed by atoms with Crippen molar-refractivity contribution < 1.29 is 5.11 Å². The Kier molecular flexibility index (Phi) is 10.0. The number of likely N-dealkylation sites (tertiary alicyclic amines) is 1. The lowest BCUT2D eigenvalue weighted by Crippen LogP contribution is -2.37. The summed E-state index contributed by atoms with van der Waals surface area (Å²) >= 11 is 1.99. The van der Waals surface area contributed by atoms with E-state index in [-0.39, 0.29) is 6.10 Å². The van der Waals surface area contributed by atoms with Gasteiger partial charge in [-0.2, -0.15) is 11.8 Å². The van der Waals surface area contributed by atoms with Crippen molar-refractivity contribution in [1.82, 2.24) is 4.90 Å². The maximum Gasteiger partial charge on any atom is 0.0757 e. The summed E-state index contributed by atoms with van der Waals surface area (Å²) < 4.78 is 0. The van der Waals surface area contributed by atoms with Crippen molar-refractivity contribution in [2.75, 3.05) is 25.4 Å². The summed E-state index contributed by atoms with van der Waals surface area (Å²) in [4.78, 5) is 2.44. The minimum Gasteiger partial charge on any atom is -0.391 e. The molecule has 2 nitrogen and oxygen atoms in total. The van der Waals surface area contributed by atoms with E-state index in [1.165, 1.54) is 64.5 Å². The number of aliphatic hydroxyl groups is 1. The molecule has 0 aromatic heterocycles. The van der Waals surface area contributed by atoms with E-state index in [0.717, 1.165) is 17.5 Å². The van der Waals surface area contributed by atoms with Gasteiger partial charge in [-0.3, -0.25) is 0 Å². The van der Waals surface area contributed by atoms with Crippen LogP contribution >= 0.6 is 11.8 Å². The highest BCUT2D eigenvalue weighted by Gasteiger charge is 2.16. The van der Waals surface area contributed by atoms with Crippen molar-refractivity contribution in [2.24, 2.45) is 0 Å². The van der Waals surface area contributed by atoms with Crippen LogP contribution in [0.25, 0.3) is 0 Å². The molecule has 0 amide bonds. The van der Waals surface area contributed by atoms with E-state index < -0.39 is 0 Å². The van der Waals surface area contributed by atoms with E-state index in [2.05, 4.69) is 18.7 Å². The quantitative estimate of drug-likeness (QED) is 0.616. The van der Waals surface area contributed by atoms with Crippen LogP contribution in [0, 0.1) is 0 Å². The lowest BCUT2D eigenvalue weighted by molar-refractivity contribution is 0.117. The SMILES string of the molecule is CCCCCC(CC)SCC(O)CN1CCCCC1. The van der Waals surface area contributed by atoms with E-state index in [0.29, 0.717) is 0 Å². The largest absolute Gasteiger partial charge is 0.391 e. The second-order valence-electron chi connectivity index (χ2n) is 5.87. The standard InChI is InChI=1S/C16H33NOS/c1-3-5-7-10-16(4-2)19-14-15(18)13-17-11-8-6-9-12-17/h15-16,18H,3-14H2,1-2H3. The number of nitrogens with zero attached hydrogens (tertiary/aromatic N) is 1. The van der Waals surface area contributed by atoms with Crippen LogP contribution in [-0.2, 0) is 0 Å². The third-order valence-electron chi connectivity index (χ3n) is 4.03. The molecule has 0 aromatic rings. The molecule has 0 bridgehead atoms. The van der Waals surface area contributed by atoms with Gasteiger partial charge in [-0.15, -0.1) is 0 Å². The van der Waals surface area contributed by atoms with Crippen LogP contribution in [0.15, 0.2) is 0 Å². The Hall–Kier alpha value is 0.270. The second kappa shape index (κ2) is 11.0. The molecule has 0 saturated carbocycles. The van der Waals surface area contributed by atoms with Gasteiger partial charge in [0.2, 0.25) is 0 Å². The zero-order valence-electron chi connectivity index (χ0n) is 12.9. The highest BCUT2D eigenvalue weighted by Crippen LogP contribution is 2.22. The summed E-state index contributed by atoms with van der Waals surface area (Å²) in [7, 11) is 0. The van der Waals surface area contributed by atoms with Crippen molar-refractivity contribution in [2.45, 2.75) is 76.6 Å². The fourth-order valence-electron chi connectivity index (χ4n) is 2.77. The lowest BCUT2D eigenvalue weighted by Gasteiger charge is -2.28. The molecule has 114 valence electrons. The molecule has 1 saturated heterocycles. The molecule has 1 rings (SSSR count). The van der Waals surface area contributed by atoms with Gasteiger partial charge in [0.15, 0.2) is 0 Å². The summed E-state index contributed by atoms with van der Waals surface area (Å²) in [5, 5.41) is 10.9. The first-order valence-corrected chi connectivity index (χ1v) is 9.33. The van der Waals surface area contributed by atoms with E-state index in [4.69, 9.17) is 0 Å². The lowest BCUT2D eigenvalue weighted by atomic mass is 10.1. The first kappa shape index (κ1) is 17.3. The first-order chi connectivity index (χ1) is 9.26. The van der Waals surface area contributed by atoms with Gasteiger partial charge in [-0.1, -0.05) is 39.5 Å². The number of unbranched alkanes of at least 4 members (excludes halogenated alkanes) is 2. The number of hydrogen-bond acceptors (Lipinski definition) is 3. The molecule has 2 atom stereocenters. The molecule has 1 fully saturated rings. The Morgan fingerprint density at radius 1 is 1.11 bits per heavy atom. The molecule has 0 aliphatic carbocycles. The van der Waals surface area contributed by atoms with Crippen molar-refractivity contribution in [3.05, 3.63) is 0 Å². The zero-order chi connectivity index (χ0) is 13.9. The summed E-state index contributed by atoms with van der Waals surface area (Å²) in [5.41, 5.74) is 0. The third kappa shape index (κ3) is 8.21. The highest BCUT2D eigenvalue weighted by molar-refractivity contribution is 7.99. The Morgan fingerprint density at radius 3 is 2.47 bits per heavy atom. The maximum atomic E-state index is 10.2. The van der Waals surface area contributed by atoms with Gasteiger partial charge >= 0.3 is 0 Å². The van der Waals surface area contributed by atoms with Crippen molar-refractivity contribution in [1.29, 1.82) is 0 Å². The van der Waals surface area contributed by atoms with Crippen LogP contribution in [0.4, 0.5) is 0 Å². The van der Waals surface area contributed by atoms with Crippen LogP contribution in [0.3, 0.4) is 0 Å². The summed E-state index contributed by atoms with van der Waals surface area (Å²) in [5.74, 6) is 0.918. The summed E-state index contributed by atoms with van der Waals surface area (Å²) in [6.45, 7) is 7.81. The van der Waals surface area contributed by atoms with Crippen molar-refractivity contribution in [3.63, 3.8) is 0 Å². The average Bonchev–Trinajstić information content (AvgIpc) is 2.44. The molecule has 1 aliphatic heterocycles. The van der Waals surface area contributed by atoms with Crippen molar-refractivity contribution in [3.8, 4) is 0 Å². The Labute approximate surface area is 124 Å². The van der Waals surface area contributed by atoms with E-state index in [1.807, 2.05) is 11.8 Å². The van der Waals surface area contributed by atoms with Crippen LogP contribution in [0.2, 0.25) is 0 Å². The third-order valence-corrected chi connectivity index (χ3v) is 5.64. The zero-order valence-corrected chi connectivity index (χ0v) is 13.8. The molecule has 1 aliphatic rings. The number of aliphatic hydroxyl groups excluding tert-OH is 1. The van der Waals surface area contributed by atoms with Crippen LogP contribution in [0.1, 0.15) is 65.2 Å². The number of piperidine rings is 1. The fourth-order valence-corrected chi connectivity index (χ4v) is 3.94. The maximum absolute atomic E-state index is 10.2. The fraction of sp³-hybridized carbons (Fsp3) is 1.00. The van der Waals surface area contributed by atoms with E-state index in [1.54, 1.807) is 0 Å². The van der Waals surface area contributed by atoms with Gasteiger partial charge in [0.1, 0.15) is 0 Å². The van der Waals surface area contributed by atoms with Crippen LogP contribution < -0.4 is 0 Å². The van der Waals surface area contributed by atoms with Crippen molar-refractivity contribution >= 4 is 11.8 Å². The normalized spacial score (nSPS) is 20.4. The Balaban J connectivity index is 2.10. The molecular formula is C16H33NOS. The molecule has 2 unspecified atom stereocenters. The molecule has 0 spiro atoms. The predicted molar refractivity (Wildman–Crippen MR) is 87.0 cm³/mol. The Bertz CT molecular complexity index is 207. The molecule has 0 radical (unpaired) electrons. The second-order valence-corrected chi connectivity index (χ2v) is 7.21. The minimum absolute atomic E-state index is 0.136.